The minimum absolute atomic E-state index is 0.0593. The maximum absolute atomic E-state index is 10.9. The van der Waals surface area contributed by atoms with Crippen LogP contribution in [0.2, 0.25) is 0 Å². The van der Waals surface area contributed by atoms with E-state index in [1.54, 1.807) is 0 Å². The fourth-order valence-corrected chi connectivity index (χ4v) is 1.51. The van der Waals surface area contributed by atoms with Crippen molar-refractivity contribution in [2.24, 2.45) is 0 Å². The molecule has 1 aromatic heterocycles. The molecule has 0 atom stereocenters. The number of aromatic hydroxyl groups is 1. The van der Waals surface area contributed by atoms with Crippen LogP contribution in [0.1, 0.15) is 11.3 Å². The van der Waals surface area contributed by atoms with Crippen molar-refractivity contribution in [3.63, 3.8) is 0 Å². The Labute approximate surface area is 86.6 Å². The van der Waals surface area contributed by atoms with E-state index in [2.05, 4.69) is 9.97 Å². The molecule has 0 aliphatic heterocycles. The van der Waals surface area contributed by atoms with Crippen molar-refractivity contribution in [3.8, 4) is 5.88 Å². The third-order valence-electron chi connectivity index (χ3n) is 2.29. The molecule has 0 radical (unpaired) electrons. The second-order valence-corrected chi connectivity index (χ2v) is 3.39. The second kappa shape index (κ2) is 4.04. The first-order valence-electron chi connectivity index (χ1n) is 4.80. The molecule has 0 spiro atoms. The molecular weight excluding hydrogens is 192 g/mol. The molecule has 4 nitrogen and oxygen atoms in total. The molecular formula is C11H12N2O2. The van der Waals surface area contributed by atoms with Crippen LogP contribution in [0.25, 0.3) is 0 Å². The van der Waals surface area contributed by atoms with Crippen LogP contribution in [0.5, 0.6) is 5.88 Å². The lowest BCUT2D eigenvalue weighted by atomic mass is 10.1. The summed E-state index contributed by atoms with van der Waals surface area (Å²) in [5, 5.41) is 9.32. The van der Waals surface area contributed by atoms with Gasteiger partial charge in [-0.15, -0.1) is 0 Å². The van der Waals surface area contributed by atoms with Crippen molar-refractivity contribution < 1.29 is 5.11 Å². The Kier molecular flexibility index (Phi) is 2.58. The zero-order valence-corrected chi connectivity index (χ0v) is 8.16. The summed E-state index contributed by atoms with van der Waals surface area (Å²) in [4.78, 5) is 15.7. The molecule has 0 fully saturated rings. The molecule has 2 rings (SSSR count). The average Bonchev–Trinajstić information content (AvgIpc) is 2.56. The fraction of sp³-hybridized carbons (Fsp3) is 0.182. The molecule has 1 heterocycles. The predicted molar refractivity (Wildman–Crippen MR) is 56.9 cm³/mol. The Morgan fingerprint density at radius 1 is 1.07 bits per heavy atom. The minimum atomic E-state index is -0.365. The summed E-state index contributed by atoms with van der Waals surface area (Å²) >= 11 is 0. The molecule has 0 unspecified atom stereocenters. The highest BCUT2D eigenvalue weighted by Gasteiger charge is 2.04. The van der Waals surface area contributed by atoms with Crippen LogP contribution in [0.4, 0.5) is 0 Å². The van der Waals surface area contributed by atoms with Crippen LogP contribution < -0.4 is 5.69 Å². The Bertz CT molecular complexity index is 485. The predicted octanol–water partition coefficient (Wildman–Crippen LogP) is 1.19. The maximum Gasteiger partial charge on any atom is 0.325 e. The molecule has 3 N–H and O–H groups in total. The van der Waals surface area contributed by atoms with Crippen molar-refractivity contribution in [1.29, 1.82) is 0 Å². The molecule has 0 saturated carbocycles. The average molecular weight is 204 g/mol. The first-order valence-corrected chi connectivity index (χ1v) is 4.80. The molecule has 0 saturated heterocycles. The number of nitrogens with one attached hydrogen (secondary N) is 2. The number of aromatic amines is 2. The van der Waals surface area contributed by atoms with Crippen LogP contribution in [0.15, 0.2) is 35.1 Å². The van der Waals surface area contributed by atoms with E-state index < -0.39 is 0 Å². The summed E-state index contributed by atoms with van der Waals surface area (Å²) in [5.41, 5.74) is 1.37. The Morgan fingerprint density at radius 3 is 2.40 bits per heavy atom. The van der Waals surface area contributed by atoms with Crippen molar-refractivity contribution >= 4 is 0 Å². The molecule has 78 valence electrons. The normalized spacial score (nSPS) is 10.4. The largest absolute Gasteiger partial charge is 0.493 e. The van der Waals surface area contributed by atoms with E-state index in [-0.39, 0.29) is 11.6 Å². The Morgan fingerprint density at radius 2 is 1.80 bits per heavy atom. The summed E-state index contributed by atoms with van der Waals surface area (Å²) < 4.78 is 0. The van der Waals surface area contributed by atoms with Crippen molar-refractivity contribution in [2.75, 3.05) is 0 Å². The summed E-state index contributed by atoms with van der Waals surface area (Å²) in [6.07, 6.45) is 1.41. The van der Waals surface area contributed by atoms with Gasteiger partial charge in [-0.05, 0) is 18.4 Å². The van der Waals surface area contributed by atoms with Crippen LogP contribution in [-0.2, 0) is 12.8 Å². The Balaban J connectivity index is 2.05. The van der Waals surface area contributed by atoms with Gasteiger partial charge in [0.1, 0.15) is 0 Å². The van der Waals surface area contributed by atoms with E-state index in [4.69, 9.17) is 0 Å². The number of hydrogen-bond acceptors (Lipinski definition) is 2. The number of benzene rings is 1. The van der Waals surface area contributed by atoms with Crippen LogP contribution in [0.3, 0.4) is 0 Å². The van der Waals surface area contributed by atoms with E-state index >= 15 is 0 Å². The fourth-order valence-electron chi connectivity index (χ4n) is 1.51. The van der Waals surface area contributed by atoms with E-state index in [0.29, 0.717) is 12.1 Å². The first kappa shape index (κ1) is 9.58. The third kappa shape index (κ3) is 2.28. The highest BCUT2D eigenvalue weighted by molar-refractivity contribution is 5.20. The van der Waals surface area contributed by atoms with Gasteiger partial charge in [-0.3, -0.25) is 4.98 Å². The van der Waals surface area contributed by atoms with E-state index in [1.807, 2.05) is 30.3 Å². The summed E-state index contributed by atoms with van der Waals surface area (Å²) in [6.45, 7) is 0. The van der Waals surface area contributed by atoms with Crippen LogP contribution >= 0.6 is 0 Å². The SMILES string of the molecule is O=c1[nH]c(O)c(CCc2ccccc2)[nH]1. The van der Waals surface area contributed by atoms with Gasteiger partial charge in [-0.25, -0.2) is 4.79 Å². The van der Waals surface area contributed by atoms with Crippen molar-refractivity contribution in [2.45, 2.75) is 12.8 Å². The van der Waals surface area contributed by atoms with Gasteiger partial charge in [0.05, 0.1) is 5.69 Å². The summed E-state index contributed by atoms with van der Waals surface area (Å²) in [7, 11) is 0. The Hall–Kier alpha value is -1.97. The van der Waals surface area contributed by atoms with Gasteiger partial charge < -0.3 is 10.1 Å². The lowest BCUT2D eigenvalue weighted by Crippen LogP contribution is -2.01. The molecule has 4 heteroatoms. The van der Waals surface area contributed by atoms with Gasteiger partial charge in [0.25, 0.3) is 0 Å². The van der Waals surface area contributed by atoms with Crippen LogP contribution in [0, 0.1) is 0 Å². The second-order valence-electron chi connectivity index (χ2n) is 3.39. The van der Waals surface area contributed by atoms with Gasteiger partial charge >= 0.3 is 5.69 Å². The quantitative estimate of drug-likeness (QED) is 0.703. The molecule has 2 aromatic rings. The molecule has 15 heavy (non-hydrogen) atoms. The zero-order chi connectivity index (χ0) is 10.7. The van der Waals surface area contributed by atoms with Gasteiger partial charge in [-0.1, -0.05) is 30.3 Å². The summed E-state index contributed by atoms with van der Waals surface area (Å²) in [6, 6.07) is 9.92. The number of H-pyrrole nitrogens is 2. The molecule has 0 aliphatic rings. The lowest BCUT2D eigenvalue weighted by Gasteiger charge is -1.99. The minimum Gasteiger partial charge on any atom is -0.493 e. The molecule has 1 aromatic carbocycles. The van der Waals surface area contributed by atoms with Crippen molar-refractivity contribution in [1.82, 2.24) is 9.97 Å². The standard InChI is InChI=1S/C11H12N2O2/c14-10-9(12-11(15)13-10)7-6-8-4-2-1-3-5-8/h1-5,14H,6-7H2,(H2,12,13,15). The molecule has 0 bridgehead atoms. The van der Waals surface area contributed by atoms with Crippen LogP contribution in [-0.4, -0.2) is 15.1 Å². The number of hydrogen-bond donors (Lipinski definition) is 3. The number of aromatic nitrogens is 2. The maximum atomic E-state index is 10.9. The van der Waals surface area contributed by atoms with Gasteiger partial charge in [0, 0.05) is 0 Å². The monoisotopic (exact) mass is 204 g/mol. The highest BCUT2D eigenvalue weighted by atomic mass is 16.3. The third-order valence-corrected chi connectivity index (χ3v) is 2.29. The van der Waals surface area contributed by atoms with Gasteiger partial charge in [0.2, 0.25) is 5.88 Å². The number of imidazole rings is 1. The number of rotatable bonds is 3. The summed E-state index contributed by atoms with van der Waals surface area (Å²) in [5.74, 6) is -0.0593. The van der Waals surface area contributed by atoms with E-state index in [9.17, 15) is 9.90 Å². The van der Waals surface area contributed by atoms with Gasteiger partial charge in [0.15, 0.2) is 0 Å². The number of aryl methyl sites for hydroxylation is 2. The molecule has 0 aliphatic carbocycles. The first-order chi connectivity index (χ1) is 7.25. The molecule has 0 amide bonds. The zero-order valence-electron chi connectivity index (χ0n) is 8.16. The van der Waals surface area contributed by atoms with Gasteiger partial charge in [-0.2, -0.15) is 0 Å². The van der Waals surface area contributed by atoms with Crippen molar-refractivity contribution in [3.05, 3.63) is 52.1 Å². The lowest BCUT2D eigenvalue weighted by molar-refractivity contribution is 0.448. The van der Waals surface area contributed by atoms with E-state index in [1.165, 1.54) is 5.56 Å². The highest BCUT2D eigenvalue weighted by Crippen LogP contribution is 2.11. The smallest absolute Gasteiger partial charge is 0.325 e. The topological polar surface area (TPSA) is 68.9 Å². The van der Waals surface area contributed by atoms with E-state index in [0.717, 1.165) is 6.42 Å².